The minimum absolute atomic E-state index is 0.0669. The summed E-state index contributed by atoms with van der Waals surface area (Å²) in [5.41, 5.74) is 3.83. The number of aromatic nitrogens is 2. The third kappa shape index (κ3) is 1.99. The minimum Gasteiger partial charge on any atom is -0.308 e. The van der Waals surface area contributed by atoms with Gasteiger partial charge in [-0.25, -0.2) is 0 Å². The van der Waals surface area contributed by atoms with E-state index in [1.807, 2.05) is 46.9 Å². The van der Waals surface area contributed by atoms with Crippen LogP contribution in [0.25, 0.3) is 27.7 Å². The van der Waals surface area contributed by atoms with E-state index in [4.69, 9.17) is 0 Å². The average Bonchev–Trinajstić information content (AvgIpc) is 2.92. The number of benzene rings is 2. The first-order valence-corrected chi connectivity index (χ1v) is 7.41. The lowest BCUT2D eigenvalue weighted by atomic mass is 10.1. The van der Waals surface area contributed by atoms with Crippen molar-refractivity contribution in [1.29, 1.82) is 0 Å². The van der Waals surface area contributed by atoms with Crippen molar-refractivity contribution in [2.24, 2.45) is 0 Å². The normalized spacial score (nSPS) is 11.3. The van der Waals surface area contributed by atoms with Crippen molar-refractivity contribution in [3.63, 3.8) is 0 Å². The number of halogens is 1. The number of H-pyrrole nitrogens is 1. The zero-order valence-corrected chi connectivity index (χ0v) is 12.6. The molecule has 0 spiro atoms. The second-order valence-corrected chi connectivity index (χ2v) is 5.88. The molecule has 0 radical (unpaired) electrons. The van der Waals surface area contributed by atoms with Gasteiger partial charge in [0.1, 0.15) is 5.65 Å². The van der Waals surface area contributed by atoms with Crippen molar-refractivity contribution >= 4 is 32.5 Å². The quantitative estimate of drug-likeness (QED) is 0.554. The van der Waals surface area contributed by atoms with Crippen LogP contribution in [0.15, 0.2) is 70.1 Å². The Balaban J connectivity index is 2.10. The lowest BCUT2D eigenvalue weighted by Gasteiger charge is -2.02. The van der Waals surface area contributed by atoms with E-state index in [0.717, 1.165) is 26.8 Å². The maximum atomic E-state index is 12.2. The van der Waals surface area contributed by atoms with Crippen molar-refractivity contribution in [1.82, 2.24) is 9.38 Å². The summed E-state index contributed by atoms with van der Waals surface area (Å²) in [4.78, 5) is 15.1. The number of aromatic amines is 1. The van der Waals surface area contributed by atoms with Gasteiger partial charge in [-0.15, -0.1) is 0 Å². The first-order chi connectivity index (χ1) is 10.2. The van der Waals surface area contributed by atoms with Crippen molar-refractivity contribution in [2.45, 2.75) is 0 Å². The Morgan fingerprint density at radius 3 is 2.57 bits per heavy atom. The van der Waals surface area contributed by atoms with Crippen LogP contribution in [-0.2, 0) is 0 Å². The topological polar surface area (TPSA) is 37.3 Å². The molecule has 0 aliphatic rings. The fourth-order valence-electron chi connectivity index (χ4n) is 2.63. The highest BCUT2D eigenvalue weighted by Crippen LogP contribution is 2.24. The minimum atomic E-state index is -0.0669. The molecular weight excluding hydrogens is 328 g/mol. The molecule has 0 fully saturated rings. The van der Waals surface area contributed by atoms with E-state index < -0.39 is 0 Å². The summed E-state index contributed by atoms with van der Waals surface area (Å²) in [6.45, 7) is 0. The van der Waals surface area contributed by atoms with Crippen LogP contribution in [-0.4, -0.2) is 9.38 Å². The molecule has 2 aromatic heterocycles. The van der Waals surface area contributed by atoms with Gasteiger partial charge < -0.3 is 9.38 Å². The highest BCUT2D eigenvalue weighted by Gasteiger charge is 2.08. The molecule has 21 heavy (non-hydrogen) atoms. The Hall–Kier alpha value is -2.33. The monoisotopic (exact) mass is 338 g/mol. The van der Waals surface area contributed by atoms with Crippen LogP contribution in [0.4, 0.5) is 0 Å². The van der Waals surface area contributed by atoms with Gasteiger partial charge in [0.05, 0.1) is 10.9 Å². The molecule has 102 valence electrons. The fourth-order valence-corrected chi connectivity index (χ4v) is 2.98. The second-order valence-electron chi connectivity index (χ2n) is 4.97. The molecule has 1 N–H and O–H groups in total. The molecule has 2 heterocycles. The molecule has 2 aromatic carbocycles. The van der Waals surface area contributed by atoms with Crippen LogP contribution in [0.3, 0.4) is 0 Å². The van der Waals surface area contributed by atoms with Crippen LogP contribution in [0, 0.1) is 0 Å². The van der Waals surface area contributed by atoms with E-state index in [1.54, 1.807) is 0 Å². The number of hydrogen-bond acceptors (Lipinski definition) is 1. The maximum absolute atomic E-state index is 12.2. The van der Waals surface area contributed by atoms with Gasteiger partial charge in [-0.05, 0) is 29.8 Å². The molecule has 0 amide bonds. The van der Waals surface area contributed by atoms with Crippen molar-refractivity contribution in [3.05, 3.63) is 75.6 Å². The van der Waals surface area contributed by atoms with E-state index in [0.29, 0.717) is 5.39 Å². The fraction of sp³-hybridized carbons (Fsp3) is 0. The summed E-state index contributed by atoms with van der Waals surface area (Å²) in [5, 5.41) is 0.681. The molecule has 0 saturated carbocycles. The lowest BCUT2D eigenvalue weighted by molar-refractivity contribution is 1.17. The van der Waals surface area contributed by atoms with Crippen LogP contribution < -0.4 is 5.56 Å². The summed E-state index contributed by atoms with van der Waals surface area (Å²) in [6, 6.07) is 17.8. The smallest absolute Gasteiger partial charge is 0.258 e. The molecule has 4 aromatic rings. The van der Waals surface area contributed by atoms with E-state index in [1.165, 1.54) is 0 Å². The summed E-state index contributed by atoms with van der Waals surface area (Å²) >= 11 is 3.47. The van der Waals surface area contributed by atoms with Crippen LogP contribution in [0.1, 0.15) is 0 Å². The van der Waals surface area contributed by atoms with Crippen molar-refractivity contribution in [2.75, 3.05) is 0 Å². The third-order valence-electron chi connectivity index (χ3n) is 3.63. The van der Waals surface area contributed by atoms with Gasteiger partial charge in [-0.3, -0.25) is 4.79 Å². The number of fused-ring (bicyclic) bond motifs is 3. The largest absolute Gasteiger partial charge is 0.308 e. The molecule has 0 atom stereocenters. The van der Waals surface area contributed by atoms with Crippen LogP contribution >= 0.6 is 15.9 Å². The maximum Gasteiger partial charge on any atom is 0.258 e. The summed E-state index contributed by atoms with van der Waals surface area (Å²) < 4.78 is 2.97. The van der Waals surface area contributed by atoms with Gasteiger partial charge in [0.2, 0.25) is 0 Å². The van der Waals surface area contributed by atoms with E-state index >= 15 is 0 Å². The SMILES string of the molecule is O=c1[nH]c2cc(-c3ccccc3)cn2c2cc(Br)ccc12. The molecule has 3 nitrogen and oxygen atoms in total. The average molecular weight is 339 g/mol. The molecule has 4 heteroatoms. The van der Waals surface area contributed by atoms with E-state index in [2.05, 4.69) is 39.2 Å². The Morgan fingerprint density at radius 1 is 0.952 bits per heavy atom. The van der Waals surface area contributed by atoms with Crippen LogP contribution in [0.5, 0.6) is 0 Å². The summed E-state index contributed by atoms with van der Waals surface area (Å²) in [5.74, 6) is 0. The number of nitrogens with one attached hydrogen (secondary N) is 1. The molecule has 0 unspecified atom stereocenters. The predicted molar refractivity (Wildman–Crippen MR) is 88.7 cm³/mol. The van der Waals surface area contributed by atoms with Crippen molar-refractivity contribution < 1.29 is 0 Å². The van der Waals surface area contributed by atoms with E-state index in [9.17, 15) is 4.79 Å². The Bertz CT molecular complexity index is 1020. The first-order valence-electron chi connectivity index (χ1n) is 6.61. The van der Waals surface area contributed by atoms with Gasteiger partial charge >= 0.3 is 0 Å². The number of hydrogen-bond donors (Lipinski definition) is 1. The second kappa shape index (κ2) is 4.60. The summed E-state index contributed by atoms with van der Waals surface area (Å²) in [6.07, 6.45) is 2.05. The molecule has 0 saturated heterocycles. The highest BCUT2D eigenvalue weighted by atomic mass is 79.9. The lowest BCUT2D eigenvalue weighted by Crippen LogP contribution is -2.08. The zero-order chi connectivity index (χ0) is 14.4. The third-order valence-corrected chi connectivity index (χ3v) is 4.13. The molecule has 4 rings (SSSR count). The van der Waals surface area contributed by atoms with Gasteiger partial charge in [0.15, 0.2) is 0 Å². The molecule has 0 bridgehead atoms. The Morgan fingerprint density at radius 2 is 1.76 bits per heavy atom. The predicted octanol–water partition coefficient (Wildman–Crippen LogP) is 4.21. The van der Waals surface area contributed by atoms with Gasteiger partial charge in [0, 0.05) is 16.2 Å². The zero-order valence-electron chi connectivity index (χ0n) is 11.0. The molecule has 0 aliphatic carbocycles. The molecular formula is C17H11BrN2O. The van der Waals surface area contributed by atoms with E-state index in [-0.39, 0.29) is 5.56 Å². The van der Waals surface area contributed by atoms with Crippen LogP contribution in [0.2, 0.25) is 0 Å². The van der Waals surface area contributed by atoms with Gasteiger partial charge in [-0.2, -0.15) is 0 Å². The number of nitrogens with zero attached hydrogens (tertiary/aromatic N) is 1. The van der Waals surface area contributed by atoms with Gasteiger partial charge in [0.25, 0.3) is 5.56 Å². The standard InChI is InChI=1S/C17H11BrN2O/c18-13-6-7-14-15(9-13)20-10-12(8-16(20)19-17(14)21)11-4-2-1-3-5-11/h1-10H,(H,19,21). The first kappa shape index (κ1) is 12.4. The van der Waals surface area contributed by atoms with Crippen molar-refractivity contribution in [3.8, 4) is 11.1 Å². The molecule has 0 aliphatic heterocycles. The summed E-state index contributed by atoms with van der Waals surface area (Å²) in [7, 11) is 0. The Kier molecular flexibility index (Phi) is 2.72. The number of rotatable bonds is 1. The highest BCUT2D eigenvalue weighted by molar-refractivity contribution is 9.10. The Labute approximate surface area is 129 Å². The van der Waals surface area contributed by atoms with Gasteiger partial charge in [-0.1, -0.05) is 46.3 Å².